The van der Waals surface area contributed by atoms with Crippen LogP contribution in [0.1, 0.15) is 158 Å². The summed E-state index contributed by atoms with van der Waals surface area (Å²) in [5.74, 6) is 0. The Morgan fingerprint density at radius 1 is 0.339 bits per heavy atom. The van der Waals surface area contributed by atoms with E-state index in [0.29, 0.717) is 0 Å². The number of hydrogen-bond donors (Lipinski definition) is 0. The third kappa shape index (κ3) is 20.4. The van der Waals surface area contributed by atoms with E-state index in [-0.39, 0.29) is 0 Å². The Morgan fingerprint density at radius 2 is 0.484 bits per heavy atom. The van der Waals surface area contributed by atoms with Gasteiger partial charge in [-0.25, -0.2) is 0 Å². The predicted molar refractivity (Wildman–Crippen MR) is 275 cm³/mol. The Kier molecular flexibility index (Phi) is 32.8. The van der Waals surface area contributed by atoms with E-state index in [9.17, 15) is 0 Å². The zero-order chi connectivity index (χ0) is 45.6. The summed E-state index contributed by atoms with van der Waals surface area (Å²) in [6, 6.07) is 43.5. The molecule has 0 spiro atoms. The minimum atomic E-state index is -1.22. The topological polar surface area (TPSA) is 40.1 Å². The summed E-state index contributed by atoms with van der Waals surface area (Å²) in [4.78, 5) is 0. The molecule has 0 saturated carbocycles. The SMILES string of the molecule is CCCC[N+](CCCC)(CCCC)CCCC.CCCC[N+](CCCC)(CCCC)CCCC.O=B[O-].c1ccc([B-](c2ccccc2)(c2ccccc2)c2ccccc2)cc1. The van der Waals surface area contributed by atoms with Crippen molar-refractivity contribution >= 4 is 35.4 Å². The van der Waals surface area contributed by atoms with Crippen LogP contribution in [-0.2, 0) is 4.70 Å². The second-order valence-corrected chi connectivity index (χ2v) is 17.9. The molecule has 0 aliphatic carbocycles. The molecule has 4 aromatic carbocycles. The molecule has 0 fully saturated rings. The van der Waals surface area contributed by atoms with Crippen LogP contribution >= 0.6 is 0 Å². The molecule has 0 N–H and O–H groups in total. The normalized spacial score (nSPS) is 11.2. The van der Waals surface area contributed by atoms with Gasteiger partial charge in [0, 0.05) is 0 Å². The zero-order valence-electron chi connectivity index (χ0n) is 41.4. The van der Waals surface area contributed by atoms with Crippen LogP contribution in [0.4, 0.5) is 0 Å². The van der Waals surface area contributed by atoms with Gasteiger partial charge in [-0.15, -0.1) is 0 Å². The van der Waals surface area contributed by atoms with E-state index >= 15 is 0 Å². The molecular formula is C56H92B2N2O2. The van der Waals surface area contributed by atoms with Gasteiger partial charge < -0.3 is 8.97 Å². The minimum Gasteiger partial charge on any atom is -0.195 e. The van der Waals surface area contributed by atoms with E-state index in [2.05, 4.69) is 177 Å². The predicted octanol–water partition coefficient (Wildman–Crippen LogP) is 11.4. The van der Waals surface area contributed by atoms with Gasteiger partial charge in [-0.2, -0.15) is 21.9 Å². The van der Waals surface area contributed by atoms with E-state index in [1.165, 1.54) is 186 Å². The third-order valence-corrected chi connectivity index (χ3v) is 13.1. The van der Waals surface area contributed by atoms with E-state index in [0.717, 1.165) is 0 Å². The summed E-state index contributed by atoms with van der Waals surface area (Å²) in [5, 5.41) is 8.25. The molecule has 0 aliphatic rings. The average Bonchev–Trinajstić information content (AvgIpc) is 3.33. The maximum absolute atomic E-state index is 8.25. The first-order valence-electron chi connectivity index (χ1n) is 25.5. The quantitative estimate of drug-likeness (QED) is 0.0422. The Bertz CT molecular complexity index is 1300. The number of benzene rings is 4. The van der Waals surface area contributed by atoms with Gasteiger partial charge in [0.2, 0.25) is 0 Å². The number of hydrogen-bond acceptors (Lipinski definition) is 2. The fourth-order valence-electron chi connectivity index (χ4n) is 9.41. The first kappa shape index (κ1) is 56.5. The van der Waals surface area contributed by atoms with Crippen molar-refractivity contribution in [2.45, 2.75) is 158 Å². The summed E-state index contributed by atoms with van der Waals surface area (Å²) in [6.07, 6.45) is 20.9. The number of unbranched alkanes of at least 4 members (excludes halogenated alkanes) is 8. The average molecular weight is 847 g/mol. The molecule has 0 amide bonds. The van der Waals surface area contributed by atoms with E-state index in [4.69, 9.17) is 9.73 Å². The maximum Gasteiger partial charge on any atom is 0.108 e. The summed E-state index contributed by atoms with van der Waals surface area (Å²) in [7, 11) is -0.500. The number of nitrogens with zero attached hydrogens (tertiary/aromatic N) is 2. The van der Waals surface area contributed by atoms with E-state index in [1.54, 1.807) is 0 Å². The summed E-state index contributed by atoms with van der Waals surface area (Å²) in [5.41, 5.74) is 5.36. The molecule has 0 aliphatic heterocycles. The maximum atomic E-state index is 8.25. The molecule has 4 nitrogen and oxygen atoms in total. The molecular weight excluding hydrogens is 754 g/mol. The fraction of sp³-hybridized carbons (Fsp3) is 0.571. The summed E-state index contributed by atoms with van der Waals surface area (Å²) in [6.45, 7) is 30.0. The Morgan fingerprint density at radius 3 is 0.613 bits per heavy atom. The van der Waals surface area contributed by atoms with Gasteiger partial charge in [0.1, 0.15) is 6.15 Å². The van der Waals surface area contributed by atoms with Crippen molar-refractivity contribution in [1.29, 1.82) is 0 Å². The van der Waals surface area contributed by atoms with Gasteiger partial charge in [-0.1, -0.05) is 228 Å². The zero-order valence-corrected chi connectivity index (χ0v) is 41.4. The molecule has 0 unspecified atom stereocenters. The van der Waals surface area contributed by atoms with Gasteiger partial charge in [0.15, 0.2) is 0 Å². The number of rotatable bonds is 28. The molecule has 0 bridgehead atoms. The van der Waals surface area contributed by atoms with Gasteiger partial charge in [0.25, 0.3) is 0 Å². The Balaban J connectivity index is 0.000000466. The van der Waals surface area contributed by atoms with Crippen LogP contribution in [0.15, 0.2) is 121 Å². The van der Waals surface area contributed by atoms with Crippen LogP contribution in [0.5, 0.6) is 0 Å². The van der Waals surface area contributed by atoms with Crippen molar-refractivity contribution in [2.75, 3.05) is 52.4 Å². The molecule has 0 heterocycles. The number of quaternary nitrogens is 2. The summed E-state index contributed by atoms with van der Waals surface area (Å²) >= 11 is 0. The summed E-state index contributed by atoms with van der Waals surface area (Å²) < 4.78 is 11.1. The van der Waals surface area contributed by atoms with Crippen molar-refractivity contribution < 1.29 is 18.7 Å². The van der Waals surface area contributed by atoms with Gasteiger partial charge >= 0.3 is 17.1 Å². The van der Waals surface area contributed by atoms with Crippen LogP contribution in [-0.4, -0.2) is 74.8 Å². The monoisotopic (exact) mass is 847 g/mol. The van der Waals surface area contributed by atoms with Crippen LogP contribution in [0.25, 0.3) is 0 Å². The van der Waals surface area contributed by atoms with Crippen LogP contribution in [0.2, 0.25) is 0 Å². The molecule has 344 valence electrons. The van der Waals surface area contributed by atoms with Gasteiger partial charge in [0.05, 0.1) is 52.4 Å². The van der Waals surface area contributed by atoms with Crippen LogP contribution in [0, 0.1) is 0 Å². The minimum absolute atomic E-state index is 0.500. The van der Waals surface area contributed by atoms with Crippen LogP contribution < -0.4 is 26.9 Å². The molecule has 0 aromatic heterocycles. The molecule has 4 rings (SSSR count). The first-order valence-corrected chi connectivity index (χ1v) is 25.5. The van der Waals surface area contributed by atoms with Crippen molar-refractivity contribution in [3.05, 3.63) is 121 Å². The third-order valence-electron chi connectivity index (χ3n) is 13.1. The van der Waals surface area contributed by atoms with Crippen molar-refractivity contribution in [2.24, 2.45) is 0 Å². The van der Waals surface area contributed by atoms with E-state index in [1.807, 2.05) is 0 Å². The standard InChI is InChI=1S/C24H20B.2C16H36N.BO2/c1-5-13-21(14-6-1)25(22-15-7-2-8-16-22,23-17-9-3-10-18-23)24-19-11-4-12-20-24;2*1-5-9-13-17(14-10-6-2,15-11-7-3)16-12-8-4;2-1-3/h1-20H;2*5-16H2,1-4H3;/q-1;2*+1;-1. The Hall–Kier alpha value is -3.47. The van der Waals surface area contributed by atoms with Crippen LogP contribution in [0.3, 0.4) is 0 Å². The molecule has 4 aromatic rings. The van der Waals surface area contributed by atoms with Gasteiger partial charge in [-0.05, 0) is 51.4 Å². The van der Waals surface area contributed by atoms with Crippen molar-refractivity contribution in [3.8, 4) is 0 Å². The Labute approximate surface area is 384 Å². The molecule has 6 heteroatoms. The largest absolute Gasteiger partial charge is 0.195 e. The second-order valence-electron chi connectivity index (χ2n) is 17.9. The van der Waals surface area contributed by atoms with E-state index < -0.39 is 13.5 Å². The molecule has 0 saturated heterocycles. The first-order chi connectivity index (χ1) is 30.3. The second kappa shape index (κ2) is 35.9. The van der Waals surface area contributed by atoms with Gasteiger partial charge in [-0.3, -0.25) is 0 Å². The molecule has 0 atom stereocenters. The van der Waals surface area contributed by atoms with Crippen molar-refractivity contribution in [1.82, 2.24) is 0 Å². The molecule has 0 radical (unpaired) electrons. The van der Waals surface area contributed by atoms with Crippen molar-refractivity contribution in [3.63, 3.8) is 0 Å². The molecule has 62 heavy (non-hydrogen) atoms. The fourth-order valence-corrected chi connectivity index (χ4v) is 9.41. The smallest absolute Gasteiger partial charge is 0.108 e.